The number of methoxy groups -OCH3 is 1. The molecule has 1 N–H and O–H groups in total. The van der Waals surface area contributed by atoms with Crippen LogP contribution in [0.4, 0.5) is 5.95 Å². The maximum atomic E-state index is 5.26. The molecule has 146 valence electrons. The van der Waals surface area contributed by atoms with E-state index in [4.69, 9.17) is 4.74 Å². The number of nitrogens with zero attached hydrogens (tertiary/aromatic N) is 5. The van der Waals surface area contributed by atoms with E-state index < -0.39 is 0 Å². The van der Waals surface area contributed by atoms with Gasteiger partial charge in [0.05, 0.1) is 25.5 Å². The molecule has 2 aromatic rings. The molecule has 1 unspecified atom stereocenters. The number of hydrogen-bond acceptors (Lipinski definition) is 4. The smallest absolute Gasteiger partial charge is 0.204 e. The highest BCUT2D eigenvalue weighted by atomic mass is 16.5. The molecular formula is C20H30N6O. The van der Waals surface area contributed by atoms with Gasteiger partial charge in [-0.25, -0.2) is 4.98 Å². The highest BCUT2D eigenvalue weighted by Gasteiger charge is 2.26. The fraction of sp³-hybridized carbons (Fsp3) is 0.500. The van der Waals surface area contributed by atoms with Crippen molar-refractivity contribution >= 4 is 11.9 Å². The van der Waals surface area contributed by atoms with E-state index in [1.165, 1.54) is 5.56 Å². The summed E-state index contributed by atoms with van der Waals surface area (Å²) in [6, 6.07) is 8.41. The second-order valence-corrected chi connectivity index (χ2v) is 7.11. The second kappa shape index (κ2) is 8.33. The van der Waals surface area contributed by atoms with Crippen LogP contribution >= 0.6 is 0 Å². The highest BCUT2D eigenvalue weighted by Crippen LogP contribution is 2.28. The Morgan fingerprint density at radius 2 is 2.07 bits per heavy atom. The molecule has 1 aromatic carbocycles. The van der Waals surface area contributed by atoms with E-state index in [1.807, 2.05) is 51.4 Å². The molecule has 27 heavy (non-hydrogen) atoms. The summed E-state index contributed by atoms with van der Waals surface area (Å²) >= 11 is 0. The van der Waals surface area contributed by atoms with Crippen molar-refractivity contribution in [3.8, 4) is 5.75 Å². The third-order valence-corrected chi connectivity index (χ3v) is 5.17. The number of benzene rings is 1. The van der Waals surface area contributed by atoms with E-state index in [0.717, 1.165) is 42.9 Å². The predicted octanol–water partition coefficient (Wildman–Crippen LogP) is 2.06. The summed E-state index contributed by atoms with van der Waals surface area (Å²) in [6.07, 6.45) is 3.04. The van der Waals surface area contributed by atoms with Gasteiger partial charge in [-0.3, -0.25) is 4.99 Å². The fourth-order valence-corrected chi connectivity index (χ4v) is 3.62. The van der Waals surface area contributed by atoms with Gasteiger partial charge in [-0.15, -0.1) is 0 Å². The number of hydrogen-bond donors (Lipinski definition) is 1. The maximum absolute atomic E-state index is 5.26. The zero-order valence-corrected chi connectivity index (χ0v) is 16.9. The molecule has 1 saturated heterocycles. The van der Waals surface area contributed by atoms with E-state index in [9.17, 15) is 0 Å². The predicted molar refractivity (Wildman–Crippen MR) is 110 cm³/mol. The van der Waals surface area contributed by atoms with Crippen LogP contribution in [0.2, 0.25) is 0 Å². The van der Waals surface area contributed by atoms with Crippen molar-refractivity contribution in [2.75, 3.05) is 46.2 Å². The van der Waals surface area contributed by atoms with E-state index in [0.29, 0.717) is 12.5 Å². The SMILES string of the molecule is CN=C(NCc1cnc(N(C)C)n1C)N1CCC(c2ccc(OC)cc2)C1. The summed E-state index contributed by atoms with van der Waals surface area (Å²) < 4.78 is 7.36. The lowest BCUT2D eigenvalue weighted by Crippen LogP contribution is -2.39. The molecule has 7 heteroatoms. The molecule has 0 aliphatic carbocycles. The molecule has 0 saturated carbocycles. The summed E-state index contributed by atoms with van der Waals surface area (Å²) in [4.78, 5) is 13.3. The van der Waals surface area contributed by atoms with Crippen molar-refractivity contribution in [3.63, 3.8) is 0 Å². The van der Waals surface area contributed by atoms with E-state index >= 15 is 0 Å². The first-order valence-electron chi connectivity index (χ1n) is 9.31. The Morgan fingerprint density at radius 3 is 2.67 bits per heavy atom. The summed E-state index contributed by atoms with van der Waals surface area (Å²) in [5.74, 6) is 3.31. The average Bonchev–Trinajstić information content (AvgIpc) is 3.30. The first-order chi connectivity index (χ1) is 13.0. The van der Waals surface area contributed by atoms with Gasteiger partial charge in [-0.1, -0.05) is 12.1 Å². The van der Waals surface area contributed by atoms with E-state index in [2.05, 4.69) is 36.9 Å². The van der Waals surface area contributed by atoms with Crippen molar-refractivity contribution < 1.29 is 4.74 Å². The topological polar surface area (TPSA) is 57.9 Å². The molecule has 0 spiro atoms. The standard InChI is InChI=1S/C20H30N6O/c1-21-19(22-12-17-13-23-20(24(2)3)25(17)4)26-11-10-16(14-26)15-6-8-18(27-5)9-7-15/h6-9,13,16H,10-12,14H2,1-5H3,(H,21,22). The minimum atomic E-state index is 0.520. The van der Waals surface area contributed by atoms with Crippen LogP contribution in [-0.2, 0) is 13.6 Å². The molecule has 1 fully saturated rings. The molecular weight excluding hydrogens is 340 g/mol. The van der Waals surface area contributed by atoms with E-state index in [1.54, 1.807) is 7.11 Å². The largest absolute Gasteiger partial charge is 0.497 e. The number of rotatable bonds is 5. The lowest BCUT2D eigenvalue weighted by Gasteiger charge is -2.22. The third-order valence-electron chi connectivity index (χ3n) is 5.17. The van der Waals surface area contributed by atoms with Crippen LogP contribution in [0.15, 0.2) is 35.5 Å². The normalized spacial score (nSPS) is 17.3. The Bertz CT molecular complexity index is 780. The molecule has 0 amide bonds. The van der Waals surface area contributed by atoms with E-state index in [-0.39, 0.29) is 0 Å². The van der Waals surface area contributed by atoms with Crippen LogP contribution in [0.3, 0.4) is 0 Å². The lowest BCUT2D eigenvalue weighted by molar-refractivity contribution is 0.414. The molecule has 2 heterocycles. The number of imidazole rings is 1. The van der Waals surface area contributed by atoms with Gasteiger partial charge in [0.15, 0.2) is 5.96 Å². The molecule has 1 atom stereocenters. The minimum Gasteiger partial charge on any atom is -0.497 e. The Labute approximate surface area is 161 Å². The zero-order valence-electron chi connectivity index (χ0n) is 16.9. The molecule has 3 rings (SSSR count). The number of likely N-dealkylation sites (tertiary alicyclic amines) is 1. The summed E-state index contributed by atoms with van der Waals surface area (Å²) in [5, 5.41) is 3.49. The zero-order chi connectivity index (χ0) is 19.4. The van der Waals surface area contributed by atoms with Crippen LogP contribution < -0.4 is 15.0 Å². The number of aliphatic imine (C=N–C) groups is 1. The number of aromatic nitrogens is 2. The van der Waals surface area contributed by atoms with Crippen LogP contribution in [-0.4, -0.2) is 61.8 Å². The number of nitrogens with one attached hydrogen (secondary N) is 1. The van der Waals surface area contributed by atoms with Crippen molar-refractivity contribution in [3.05, 3.63) is 41.7 Å². The Kier molecular flexibility index (Phi) is 5.88. The highest BCUT2D eigenvalue weighted by molar-refractivity contribution is 5.80. The number of guanidine groups is 1. The van der Waals surface area contributed by atoms with Gasteiger partial charge in [-0.05, 0) is 24.1 Å². The van der Waals surface area contributed by atoms with Gasteiger partial charge in [0.2, 0.25) is 5.95 Å². The van der Waals surface area contributed by atoms with Gasteiger partial charge >= 0.3 is 0 Å². The number of anilines is 1. The monoisotopic (exact) mass is 370 g/mol. The summed E-state index contributed by atoms with van der Waals surface area (Å²) in [5.41, 5.74) is 2.49. The Hall–Kier alpha value is -2.70. The fourth-order valence-electron chi connectivity index (χ4n) is 3.62. The molecule has 1 aliphatic heterocycles. The molecule has 0 bridgehead atoms. The minimum absolute atomic E-state index is 0.520. The van der Waals surface area contributed by atoms with Gasteiger partial charge < -0.3 is 24.4 Å². The molecule has 1 aromatic heterocycles. The number of ether oxygens (including phenoxy) is 1. The Morgan fingerprint density at radius 1 is 1.33 bits per heavy atom. The molecule has 1 aliphatic rings. The van der Waals surface area contributed by atoms with Crippen molar-refractivity contribution in [2.24, 2.45) is 12.0 Å². The molecule has 7 nitrogen and oxygen atoms in total. The van der Waals surface area contributed by atoms with Crippen LogP contribution in [0.5, 0.6) is 5.75 Å². The van der Waals surface area contributed by atoms with Gasteiger partial charge in [0.25, 0.3) is 0 Å². The maximum Gasteiger partial charge on any atom is 0.204 e. The first-order valence-corrected chi connectivity index (χ1v) is 9.31. The Balaban J connectivity index is 1.60. The first kappa shape index (κ1) is 19.1. The molecule has 0 radical (unpaired) electrons. The van der Waals surface area contributed by atoms with Gasteiger partial charge in [0.1, 0.15) is 5.75 Å². The van der Waals surface area contributed by atoms with Crippen molar-refractivity contribution in [2.45, 2.75) is 18.9 Å². The van der Waals surface area contributed by atoms with Gasteiger partial charge in [0, 0.05) is 47.2 Å². The second-order valence-electron chi connectivity index (χ2n) is 7.11. The van der Waals surface area contributed by atoms with Crippen molar-refractivity contribution in [1.82, 2.24) is 19.8 Å². The average molecular weight is 371 g/mol. The summed E-state index contributed by atoms with van der Waals surface area (Å²) in [6.45, 7) is 2.68. The van der Waals surface area contributed by atoms with Crippen LogP contribution in [0.25, 0.3) is 0 Å². The van der Waals surface area contributed by atoms with Gasteiger partial charge in [-0.2, -0.15) is 0 Å². The third kappa shape index (κ3) is 4.18. The van der Waals surface area contributed by atoms with Crippen molar-refractivity contribution in [1.29, 1.82) is 0 Å². The lowest BCUT2D eigenvalue weighted by atomic mass is 9.98. The quantitative estimate of drug-likeness (QED) is 0.645. The van der Waals surface area contributed by atoms with Crippen LogP contribution in [0.1, 0.15) is 23.6 Å². The van der Waals surface area contributed by atoms with Crippen LogP contribution in [0, 0.1) is 0 Å². The summed E-state index contributed by atoms with van der Waals surface area (Å²) in [7, 11) is 9.59.